The Morgan fingerprint density at radius 2 is 1.82 bits per heavy atom. The number of phenolic OH excluding ortho intramolecular Hbond substituents is 1. The van der Waals surface area contributed by atoms with Crippen LogP contribution in [0.2, 0.25) is 0 Å². The number of hydrogen-bond acceptors (Lipinski definition) is 5. The number of aromatic hydroxyl groups is 1. The van der Waals surface area contributed by atoms with Crippen molar-refractivity contribution in [1.29, 1.82) is 0 Å². The number of carbonyl (C=O) groups excluding carboxylic acids is 1. The number of phenols is 1. The summed E-state index contributed by atoms with van der Waals surface area (Å²) < 4.78 is 15.9. The molecule has 0 aliphatic rings. The molecule has 0 saturated heterocycles. The lowest BCUT2D eigenvalue weighted by molar-refractivity contribution is 0.200. The van der Waals surface area contributed by atoms with Crippen LogP contribution in [0.5, 0.6) is 17.2 Å². The van der Waals surface area contributed by atoms with Crippen molar-refractivity contribution >= 4 is 11.7 Å². The minimum Gasteiger partial charge on any atom is -0.508 e. The summed E-state index contributed by atoms with van der Waals surface area (Å²) in [5.41, 5.74) is 1.20. The summed E-state index contributed by atoms with van der Waals surface area (Å²) in [4.78, 5) is 14.5. The summed E-state index contributed by atoms with van der Waals surface area (Å²) in [6.07, 6.45) is 1.56. The van der Waals surface area contributed by atoms with Gasteiger partial charge in [-0.2, -0.15) is 0 Å². The van der Waals surface area contributed by atoms with Crippen molar-refractivity contribution in [2.45, 2.75) is 13.1 Å². The molecule has 2 amide bonds. The van der Waals surface area contributed by atoms with Gasteiger partial charge in [0.15, 0.2) is 11.5 Å². The molecule has 0 unspecified atom stereocenters. The first-order chi connectivity index (χ1) is 13.6. The summed E-state index contributed by atoms with van der Waals surface area (Å²) in [5.74, 6) is 1.85. The second kappa shape index (κ2) is 8.85. The van der Waals surface area contributed by atoms with Gasteiger partial charge in [-0.3, -0.25) is 0 Å². The van der Waals surface area contributed by atoms with Crippen molar-refractivity contribution in [3.8, 4) is 17.2 Å². The van der Waals surface area contributed by atoms with Crippen molar-refractivity contribution in [2.75, 3.05) is 19.5 Å². The lowest BCUT2D eigenvalue weighted by atomic mass is 10.2. The molecular formula is C21H22N2O5. The summed E-state index contributed by atoms with van der Waals surface area (Å²) >= 11 is 0. The van der Waals surface area contributed by atoms with E-state index < -0.39 is 0 Å². The van der Waals surface area contributed by atoms with Gasteiger partial charge in [0.2, 0.25) is 0 Å². The number of hydrogen-bond donors (Lipinski definition) is 2. The Morgan fingerprint density at radius 3 is 2.50 bits per heavy atom. The molecule has 0 aliphatic heterocycles. The number of ether oxygens (including phenoxy) is 2. The first-order valence-electron chi connectivity index (χ1n) is 8.68. The van der Waals surface area contributed by atoms with Crippen molar-refractivity contribution in [3.05, 3.63) is 72.2 Å². The zero-order chi connectivity index (χ0) is 19.9. The monoisotopic (exact) mass is 382 g/mol. The number of nitrogens with one attached hydrogen (secondary N) is 1. The first-order valence-corrected chi connectivity index (χ1v) is 8.68. The highest BCUT2D eigenvalue weighted by molar-refractivity contribution is 5.89. The topological polar surface area (TPSA) is 84.2 Å². The minimum absolute atomic E-state index is 0.130. The molecule has 3 rings (SSSR count). The highest BCUT2D eigenvalue weighted by Crippen LogP contribution is 2.30. The van der Waals surface area contributed by atoms with Crippen LogP contribution in [0.25, 0.3) is 0 Å². The molecule has 2 aromatic carbocycles. The molecule has 0 atom stereocenters. The van der Waals surface area contributed by atoms with Gasteiger partial charge in [-0.25, -0.2) is 4.79 Å². The van der Waals surface area contributed by atoms with Gasteiger partial charge in [0.25, 0.3) is 0 Å². The molecule has 146 valence electrons. The lowest BCUT2D eigenvalue weighted by Crippen LogP contribution is -2.34. The number of anilines is 1. The number of para-hydroxylation sites is 1. The van der Waals surface area contributed by atoms with E-state index >= 15 is 0 Å². The minimum atomic E-state index is -0.341. The molecule has 3 aromatic rings. The Kier molecular flexibility index (Phi) is 6.06. The Bertz CT molecular complexity index is 924. The highest BCUT2D eigenvalue weighted by Gasteiger charge is 2.18. The van der Waals surface area contributed by atoms with Crippen LogP contribution in [-0.2, 0) is 13.1 Å². The number of carbonyl (C=O) groups is 1. The average molecular weight is 382 g/mol. The van der Waals surface area contributed by atoms with Crippen molar-refractivity contribution in [1.82, 2.24) is 4.90 Å². The zero-order valence-electron chi connectivity index (χ0n) is 15.7. The van der Waals surface area contributed by atoms with E-state index in [0.717, 1.165) is 0 Å². The predicted molar refractivity (Wildman–Crippen MR) is 105 cm³/mol. The van der Waals surface area contributed by atoms with Gasteiger partial charge in [0.05, 0.1) is 33.6 Å². The molecule has 0 spiro atoms. The Morgan fingerprint density at radius 1 is 1.04 bits per heavy atom. The lowest BCUT2D eigenvalue weighted by Gasteiger charge is -2.23. The maximum absolute atomic E-state index is 12.9. The van der Waals surface area contributed by atoms with E-state index in [-0.39, 0.29) is 24.9 Å². The van der Waals surface area contributed by atoms with E-state index in [4.69, 9.17) is 13.9 Å². The normalized spacial score (nSPS) is 10.4. The van der Waals surface area contributed by atoms with E-state index in [1.54, 1.807) is 66.8 Å². The second-order valence-corrected chi connectivity index (χ2v) is 6.06. The van der Waals surface area contributed by atoms with Gasteiger partial charge in [-0.15, -0.1) is 0 Å². The number of nitrogens with zero attached hydrogens (tertiary/aromatic N) is 1. The van der Waals surface area contributed by atoms with E-state index in [0.29, 0.717) is 28.5 Å². The van der Waals surface area contributed by atoms with Gasteiger partial charge >= 0.3 is 6.03 Å². The summed E-state index contributed by atoms with van der Waals surface area (Å²) in [6, 6.07) is 15.3. The molecule has 1 heterocycles. The summed E-state index contributed by atoms with van der Waals surface area (Å²) in [5, 5.41) is 12.9. The van der Waals surface area contributed by atoms with E-state index in [2.05, 4.69) is 5.32 Å². The number of methoxy groups -OCH3 is 2. The fraction of sp³-hybridized carbons (Fsp3) is 0.190. The van der Waals surface area contributed by atoms with Crippen LogP contribution in [-0.4, -0.2) is 30.3 Å². The smallest absolute Gasteiger partial charge is 0.322 e. The van der Waals surface area contributed by atoms with Gasteiger partial charge < -0.3 is 29.2 Å². The van der Waals surface area contributed by atoms with Crippen molar-refractivity contribution in [2.24, 2.45) is 0 Å². The molecular weight excluding hydrogens is 360 g/mol. The predicted octanol–water partition coefficient (Wildman–Crippen LogP) is 4.24. The van der Waals surface area contributed by atoms with Crippen LogP contribution in [0.1, 0.15) is 11.3 Å². The number of rotatable bonds is 7. The van der Waals surface area contributed by atoms with Gasteiger partial charge in [0, 0.05) is 17.3 Å². The first kappa shape index (κ1) is 19.2. The molecule has 0 radical (unpaired) electrons. The SMILES string of the molecule is COc1ccc(NC(=O)N(Cc2ccco2)Cc2ccccc2O)cc1OC. The molecule has 0 bridgehead atoms. The molecule has 7 heteroatoms. The molecule has 0 saturated carbocycles. The quantitative estimate of drug-likeness (QED) is 0.639. The van der Waals surface area contributed by atoms with Gasteiger partial charge in [-0.1, -0.05) is 18.2 Å². The molecule has 0 aliphatic carbocycles. The second-order valence-electron chi connectivity index (χ2n) is 6.06. The Labute approximate surface area is 163 Å². The molecule has 2 N–H and O–H groups in total. The fourth-order valence-corrected chi connectivity index (χ4v) is 2.76. The van der Waals surface area contributed by atoms with E-state index in [1.165, 1.54) is 7.11 Å². The van der Waals surface area contributed by atoms with E-state index in [9.17, 15) is 9.90 Å². The number of furan rings is 1. The van der Waals surface area contributed by atoms with Gasteiger partial charge in [-0.05, 0) is 30.3 Å². The largest absolute Gasteiger partial charge is 0.508 e. The third kappa shape index (κ3) is 4.56. The third-order valence-electron chi connectivity index (χ3n) is 4.20. The standard InChI is InChI=1S/C21H22N2O5/c1-26-19-10-9-16(12-20(19)27-2)22-21(25)23(14-17-7-5-11-28-17)13-15-6-3-4-8-18(15)24/h3-12,24H,13-14H2,1-2H3,(H,22,25). The zero-order valence-corrected chi connectivity index (χ0v) is 15.7. The van der Waals surface area contributed by atoms with Crippen LogP contribution in [0, 0.1) is 0 Å². The van der Waals surface area contributed by atoms with Crippen LogP contribution >= 0.6 is 0 Å². The fourth-order valence-electron chi connectivity index (χ4n) is 2.76. The van der Waals surface area contributed by atoms with Crippen LogP contribution in [0.15, 0.2) is 65.3 Å². The van der Waals surface area contributed by atoms with Crippen LogP contribution < -0.4 is 14.8 Å². The van der Waals surface area contributed by atoms with Gasteiger partial charge in [0.1, 0.15) is 11.5 Å². The number of urea groups is 1. The Hall–Kier alpha value is -3.61. The maximum atomic E-state index is 12.9. The molecule has 0 fully saturated rings. The van der Waals surface area contributed by atoms with Crippen LogP contribution in [0.4, 0.5) is 10.5 Å². The molecule has 1 aromatic heterocycles. The highest BCUT2D eigenvalue weighted by atomic mass is 16.5. The number of amides is 2. The number of benzene rings is 2. The average Bonchev–Trinajstić information content (AvgIpc) is 3.22. The van der Waals surface area contributed by atoms with E-state index in [1.807, 2.05) is 6.07 Å². The summed E-state index contributed by atoms with van der Waals surface area (Å²) in [7, 11) is 3.08. The Balaban J connectivity index is 1.80. The third-order valence-corrected chi connectivity index (χ3v) is 4.20. The van der Waals surface area contributed by atoms with Crippen molar-refractivity contribution in [3.63, 3.8) is 0 Å². The molecule has 7 nitrogen and oxygen atoms in total. The van der Waals surface area contributed by atoms with Crippen molar-refractivity contribution < 1.29 is 23.8 Å². The maximum Gasteiger partial charge on any atom is 0.322 e. The van der Waals surface area contributed by atoms with Crippen LogP contribution in [0.3, 0.4) is 0 Å². The molecule has 28 heavy (non-hydrogen) atoms. The summed E-state index contributed by atoms with van der Waals surface area (Å²) in [6.45, 7) is 0.465.